The highest BCUT2D eigenvalue weighted by Crippen LogP contribution is 2.30. The number of benzene rings is 2. The van der Waals surface area contributed by atoms with Gasteiger partial charge in [0.05, 0.1) is 18.1 Å². The smallest absolute Gasteiger partial charge is 0.263 e. The summed E-state index contributed by atoms with van der Waals surface area (Å²) >= 11 is 0. The molecule has 0 radical (unpaired) electrons. The lowest BCUT2D eigenvalue weighted by molar-refractivity contribution is -0.131. The maximum Gasteiger partial charge on any atom is 0.263 e. The van der Waals surface area contributed by atoms with Crippen LogP contribution >= 0.6 is 0 Å². The van der Waals surface area contributed by atoms with E-state index in [1.54, 1.807) is 31.3 Å². The van der Waals surface area contributed by atoms with Crippen molar-refractivity contribution in [1.82, 2.24) is 15.3 Å². The van der Waals surface area contributed by atoms with Gasteiger partial charge >= 0.3 is 0 Å². The van der Waals surface area contributed by atoms with Crippen LogP contribution in [0.25, 0.3) is 0 Å². The van der Waals surface area contributed by atoms with E-state index < -0.39 is 5.60 Å². The lowest BCUT2D eigenvalue weighted by atomic mass is 10.1. The molecule has 2 aromatic carbocycles. The number of carbonyl (C=O) groups is 2. The monoisotopic (exact) mass is 432 g/mol. The SMILES string of the molecule is Cc1cnc(NC(=O)c2cc(OCc3ccccc3)cc(O[C@@]3(C)CCNC3=O)c2)cn1. The minimum absolute atomic E-state index is 0.186. The number of hydrogen-bond donors (Lipinski definition) is 2. The van der Waals surface area contributed by atoms with E-state index in [2.05, 4.69) is 20.6 Å². The Balaban J connectivity index is 1.59. The lowest BCUT2D eigenvalue weighted by Crippen LogP contribution is -2.40. The molecule has 2 heterocycles. The molecule has 1 aliphatic heterocycles. The predicted octanol–water partition coefficient (Wildman–Crippen LogP) is 3.27. The quantitative estimate of drug-likeness (QED) is 0.594. The Morgan fingerprint density at radius 3 is 2.59 bits per heavy atom. The molecular weight excluding hydrogens is 408 g/mol. The molecule has 1 atom stereocenters. The van der Waals surface area contributed by atoms with E-state index in [-0.39, 0.29) is 11.8 Å². The van der Waals surface area contributed by atoms with Gasteiger partial charge in [-0.25, -0.2) is 4.98 Å². The summed E-state index contributed by atoms with van der Waals surface area (Å²) in [7, 11) is 0. The molecule has 0 spiro atoms. The van der Waals surface area contributed by atoms with Crippen molar-refractivity contribution in [3.63, 3.8) is 0 Å². The Labute approximate surface area is 186 Å². The van der Waals surface area contributed by atoms with Gasteiger partial charge in [0.25, 0.3) is 11.8 Å². The van der Waals surface area contributed by atoms with Crippen molar-refractivity contribution in [1.29, 1.82) is 0 Å². The molecule has 164 valence electrons. The maximum atomic E-state index is 12.9. The van der Waals surface area contributed by atoms with Gasteiger partial charge in [0.1, 0.15) is 18.1 Å². The number of anilines is 1. The second-order valence-electron chi connectivity index (χ2n) is 7.80. The Hall–Kier alpha value is -3.94. The molecule has 1 fully saturated rings. The first-order valence-corrected chi connectivity index (χ1v) is 10.3. The Bertz CT molecular complexity index is 1120. The van der Waals surface area contributed by atoms with E-state index >= 15 is 0 Å². The summed E-state index contributed by atoms with van der Waals surface area (Å²) in [6, 6.07) is 14.6. The average molecular weight is 432 g/mol. The van der Waals surface area contributed by atoms with Crippen molar-refractivity contribution in [3.05, 3.63) is 77.7 Å². The number of aromatic nitrogens is 2. The zero-order valence-electron chi connectivity index (χ0n) is 17.9. The standard InChI is InChI=1S/C24H24N4O4/c1-16-13-27-21(14-26-16)28-22(29)18-10-19(31-15-17-6-4-3-5-7-17)12-20(11-18)32-24(2)8-9-25-23(24)30/h3-7,10-14H,8-9,15H2,1-2H3,(H,25,30)(H,27,28,29)/t24-/m0/s1. The third-order valence-electron chi connectivity index (χ3n) is 5.12. The zero-order valence-corrected chi connectivity index (χ0v) is 17.9. The summed E-state index contributed by atoms with van der Waals surface area (Å²) in [6.45, 7) is 4.41. The zero-order chi connectivity index (χ0) is 22.6. The largest absolute Gasteiger partial charge is 0.489 e. The van der Waals surface area contributed by atoms with Gasteiger partial charge in [-0.05, 0) is 31.5 Å². The van der Waals surface area contributed by atoms with Crippen LogP contribution in [0, 0.1) is 6.92 Å². The van der Waals surface area contributed by atoms with Crippen molar-refractivity contribution >= 4 is 17.6 Å². The number of ether oxygens (including phenoxy) is 2. The highest BCUT2D eigenvalue weighted by atomic mass is 16.5. The number of carbonyl (C=O) groups excluding carboxylic acids is 2. The van der Waals surface area contributed by atoms with Gasteiger partial charge in [-0.3, -0.25) is 14.6 Å². The molecular formula is C24H24N4O4. The van der Waals surface area contributed by atoms with Crippen LogP contribution < -0.4 is 20.1 Å². The minimum atomic E-state index is -1.01. The summed E-state index contributed by atoms with van der Waals surface area (Å²) < 4.78 is 11.9. The number of nitrogens with one attached hydrogen (secondary N) is 2. The molecule has 1 aromatic heterocycles. The fourth-order valence-electron chi connectivity index (χ4n) is 3.30. The Morgan fingerprint density at radius 1 is 1.12 bits per heavy atom. The molecule has 32 heavy (non-hydrogen) atoms. The second-order valence-corrected chi connectivity index (χ2v) is 7.80. The summed E-state index contributed by atoms with van der Waals surface area (Å²) in [5.41, 5.74) is 1.05. The van der Waals surface area contributed by atoms with Crippen molar-refractivity contribution in [2.45, 2.75) is 32.5 Å². The van der Waals surface area contributed by atoms with E-state index in [9.17, 15) is 9.59 Å². The van der Waals surface area contributed by atoms with Crippen molar-refractivity contribution < 1.29 is 19.1 Å². The topological polar surface area (TPSA) is 102 Å². The van der Waals surface area contributed by atoms with E-state index in [1.165, 1.54) is 6.20 Å². The first kappa shape index (κ1) is 21.3. The Morgan fingerprint density at radius 2 is 1.91 bits per heavy atom. The van der Waals surface area contributed by atoms with Crippen LogP contribution in [0.15, 0.2) is 60.9 Å². The average Bonchev–Trinajstić information content (AvgIpc) is 3.12. The Kier molecular flexibility index (Phi) is 6.02. The highest BCUT2D eigenvalue weighted by molar-refractivity contribution is 6.04. The second kappa shape index (κ2) is 9.05. The van der Waals surface area contributed by atoms with E-state index in [0.717, 1.165) is 11.3 Å². The van der Waals surface area contributed by atoms with Gasteiger partial charge in [-0.15, -0.1) is 0 Å². The molecule has 4 rings (SSSR count). The first-order chi connectivity index (χ1) is 15.4. The molecule has 0 bridgehead atoms. The van der Waals surface area contributed by atoms with E-state index in [1.807, 2.05) is 37.3 Å². The number of hydrogen-bond acceptors (Lipinski definition) is 6. The number of rotatable bonds is 7. The molecule has 8 heteroatoms. The summed E-state index contributed by atoms with van der Waals surface area (Å²) in [5.74, 6) is 0.581. The summed E-state index contributed by atoms with van der Waals surface area (Å²) in [5, 5.41) is 5.50. The fourth-order valence-corrected chi connectivity index (χ4v) is 3.30. The summed E-state index contributed by atoms with van der Waals surface area (Å²) in [6.07, 6.45) is 3.59. The molecule has 0 aliphatic carbocycles. The number of nitrogens with zero attached hydrogens (tertiary/aromatic N) is 2. The van der Waals surface area contributed by atoms with Crippen LogP contribution in [-0.2, 0) is 11.4 Å². The first-order valence-electron chi connectivity index (χ1n) is 10.3. The number of aryl methyl sites for hydroxylation is 1. The molecule has 2 amide bonds. The van der Waals surface area contributed by atoms with Gasteiger partial charge < -0.3 is 20.1 Å². The molecule has 8 nitrogen and oxygen atoms in total. The van der Waals surface area contributed by atoms with Crippen LogP contribution in [0.2, 0.25) is 0 Å². The van der Waals surface area contributed by atoms with Crippen molar-refractivity contribution in [3.8, 4) is 11.5 Å². The molecule has 0 saturated carbocycles. The minimum Gasteiger partial charge on any atom is -0.489 e. The van der Waals surface area contributed by atoms with Crippen LogP contribution in [-0.4, -0.2) is 33.9 Å². The van der Waals surface area contributed by atoms with Crippen LogP contribution in [0.5, 0.6) is 11.5 Å². The van der Waals surface area contributed by atoms with Gasteiger partial charge in [0, 0.05) is 24.6 Å². The van der Waals surface area contributed by atoms with E-state index in [4.69, 9.17) is 9.47 Å². The van der Waals surface area contributed by atoms with E-state index in [0.29, 0.717) is 42.5 Å². The molecule has 3 aromatic rings. The van der Waals surface area contributed by atoms with Crippen molar-refractivity contribution in [2.24, 2.45) is 0 Å². The summed E-state index contributed by atoms with van der Waals surface area (Å²) in [4.78, 5) is 33.4. The van der Waals surface area contributed by atoms with Gasteiger partial charge in [0.2, 0.25) is 0 Å². The van der Waals surface area contributed by atoms with Gasteiger partial charge in [0.15, 0.2) is 11.4 Å². The highest BCUT2D eigenvalue weighted by Gasteiger charge is 2.40. The third kappa shape index (κ3) is 5.03. The van der Waals surface area contributed by atoms with Gasteiger partial charge in [-0.2, -0.15) is 0 Å². The fraction of sp³-hybridized carbons (Fsp3) is 0.250. The normalized spacial score (nSPS) is 17.5. The third-order valence-corrected chi connectivity index (χ3v) is 5.12. The van der Waals surface area contributed by atoms with Crippen molar-refractivity contribution in [2.75, 3.05) is 11.9 Å². The lowest BCUT2D eigenvalue weighted by Gasteiger charge is -2.23. The molecule has 1 saturated heterocycles. The van der Waals surface area contributed by atoms with Gasteiger partial charge in [-0.1, -0.05) is 30.3 Å². The van der Waals surface area contributed by atoms with Crippen LogP contribution in [0.1, 0.15) is 35.0 Å². The molecule has 0 unspecified atom stereocenters. The van der Waals surface area contributed by atoms with Crippen LogP contribution in [0.4, 0.5) is 5.82 Å². The predicted molar refractivity (Wildman–Crippen MR) is 119 cm³/mol. The number of amides is 2. The maximum absolute atomic E-state index is 12.9. The molecule has 1 aliphatic rings. The molecule has 2 N–H and O–H groups in total. The van der Waals surface area contributed by atoms with Crippen LogP contribution in [0.3, 0.4) is 0 Å².